The molecule has 1 saturated carbocycles. The summed E-state index contributed by atoms with van der Waals surface area (Å²) in [5.74, 6) is 0.117. The van der Waals surface area contributed by atoms with E-state index in [1.54, 1.807) is 0 Å². The Morgan fingerprint density at radius 2 is 2.10 bits per heavy atom. The van der Waals surface area contributed by atoms with Crippen LogP contribution in [-0.4, -0.2) is 43.0 Å². The number of fused-ring (bicyclic) bond motifs is 1. The van der Waals surface area contributed by atoms with Gasteiger partial charge in [0.05, 0.1) is 0 Å². The first-order valence-electron chi connectivity index (χ1n) is 8.06. The molecule has 0 aromatic heterocycles. The molecule has 0 radical (unpaired) electrons. The maximum Gasteiger partial charge on any atom is 0.242 e. The van der Waals surface area contributed by atoms with Crippen molar-refractivity contribution in [1.82, 2.24) is 10.2 Å². The van der Waals surface area contributed by atoms with Gasteiger partial charge in [0.25, 0.3) is 0 Å². The van der Waals surface area contributed by atoms with Crippen molar-refractivity contribution in [3.05, 3.63) is 29.8 Å². The van der Waals surface area contributed by atoms with Crippen molar-refractivity contribution in [2.24, 2.45) is 0 Å². The maximum atomic E-state index is 12.2. The van der Waals surface area contributed by atoms with Crippen molar-refractivity contribution >= 4 is 11.6 Å². The van der Waals surface area contributed by atoms with Crippen LogP contribution in [0, 0.1) is 0 Å². The number of para-hydroxylation sites is 1. The number of likely N-dealkylation sites (N-methyl/N-ethyl adjacent to an activating group) is 1. The molecular formula is C17H25N3O. The van der Waals surface area contributed by atoms with Crippen molar-refractivity contribution in [2.45, 2.75) is 44.2 Å². The number of carbonyl (C=O) groups excluding carboxylic acids is 1. The minimum absolute atomic E-state index is 0.112. The maximum absolute atomic E-state index is 12.2. The molecule has 1 heterocycles. The topological polar surface area (TPSA) is 44.4 Å². The molecule has 1 aromatic rings. The second kappa shape index (κ2) is 6.48. The normalized spacial score (nSPS) is 21.3. The van der Waals surface area contributed by atoms with Gasteiger partial charge in [0.1, 0.15) is 6.04 Å². The third kappa shape index (κ3) is 3.38. The molecule has 1 aliphatic heterocycles. The van der Waals surface area contributed by atoms with E-state index < -0.39 is 0 Å². The van der Waals surface area contributed by atoms with Crippen molar-refractivity contribution in [2.75, 3.05) is 25.5 Å². The number of hydrogen-bond donors (Lipinski definition) is 2. The molecule has 2 aliphatic rings. The summed E-state index contributed by atoms with van der Waals surface area (Å²) in [6.45, 7) is 1.68. The van der Waals surface area contributed by atoms with Crippen molar-refractivity contribution < 1.29 is 4.79 Å². The van der Waals surface area contributed by atoms with Gasteiger partial charge in [0.2, 0.25) is 5.91 Å². The van der Waals surface area contributed by atoms with Gasteiger partial charge in [-0.05, 0) is 31.5 Å². The largest absolute Gasteiger partial charge is 0.373 e. The number of hydrogen-bond acceptors (Lipinski definition) is 3. The highest BCUT2D eigenvalue weighted by atomic mass is 16.2. The zero-order valence-electron chi connectivity index (χ0n) is 12.8. The molecule has 0 saturated heterocycles. The quantitative estimate of drug-likeness (QED) is 0.871. The molecule has 4 heteroatoms. The van der Waals surface area contributed by atoms with Gasteiger partial charge in [-0.15, -0.1) is 0 Å². The molecule has 1 fully saturated rings. The van der Waals surface area contributed by atoms with Crippen LogP contribution in [0.4, 0.5) is 5.69 Å². The first-order chi connectivity index (χ1) is 10.2. The van der Waals surface area contributed by atoms with E-state index in [1.807, 2.05) is 18.2 Å². The minimum atomic E-state index is -0.112. The molecule has 114 valence electrons. The fourth-order valence-corrected chi connectivity index (χ4v) is 3.46. The van der Waals surface area contributed by atoms with E-state index >= 15 is 0 Å². The minimum Gasteiger partial charge on any atom is -0.373 e. The van der Waals surface area contributed by atoms with Crippen LogP contribution in [0.5, 0.6) is 0 Å². The first kappa shape index (κ1) is 14.4. The summed E-state index contributed by atoms with van der Waals surface area (Å²) in [6.07, 6.45) is 6.12. The Bertz CT molecular complexity index is 472. The second-order valence-corrected chi connectivity index (χ2v) is 6.27. The molecular weight excluding hydrogens is 262 g/mol. The smallest absolute Gasteiger partial charge is 0.242 e. The molecule has 4 nitrogen and oxygen atoms in total. The van der Waals surface area contributed by atoms with Gasteiger partial charge in [-0.25, -0.2) is 0 Å². The van der Waals surface area contributed by atoms with Gasteiger partial charge < -0.3 is 15.5 Å². The molecule has 1 aliphatic carbocycles. The fraction of sp³-hybridized carbons (Fsp3) is 0.588. The third-order valence-electron chi connectivity index (χ3n) is 4.80. The van der Waals surface area contributed by atoms with E-state index in [0.29, 0.717) is 0 Å². The number of amides is 1. The lowest BCUT2D eigenvalue weighted by Crippen LogP contribution is -2.43. The summed E-state index contributed by atoms with van der Waals surface area (Å²) < 4.78 is 0. The molecule has 2 N–H and O–H groups in total. The Balaban J connectivity index is 1.41. The highest BCUT2D eigenvalue weighted by Gasteiger charge is 2.26. The average molecular weight is 287 g/mol. The standard InChI is InChI=1S/C17H25N3O/c1-20(14-7-3-4-8-14)11-10-18-17(21)16-12-13-6-2-5-9-15(13)19-16/h2,5-6,9,14,16,19H,3-4,7-8,10-12H2,1H3,(H,18,21). The number of anilines is 1. The molecule has 21 heavy (non-hydrogen) atoms. The van der Waals surface area contributed by atoms with E-state index in [9.17, 15) is 4.79 Å². The van der Waals surface area contributed by atoms with Gasteiger partial charge in [-0.1, -0.05) is 31.0 Å². The Hall–Kier alpha value is -1.55. The van der Waals surface area contributed by atoms with Crippen LogP contribution in [0.1, 0.15) is 31.2 Å². The fourth-order valence-electron chi connectivity index (χ4n) is 3.46. The van der Waals surface area contributed by atoms with E-state index in [0.717, 1.165) is 31.2 Å². The molecule has 1 atom stereocenters. The van der Waals surface area contributed by atoms with E-state index in [4.69, 9.17) is 0 Å². The lowest BCUT2D eigenvalue weighted by Gasteiger charge is -2.24. The summed E-state index contributed by atoms with van der Waals surface area (Å²) in [6, 6.07) is 8.76. The monoisotopic (exact) mass is 287 g/mol. The molecule has 1 aromatic carbocycles. The van der Waals surface area contributed by atoms with Crippen molar-refractivity contribution in [3.63, 3.8) is 0 Å². The Morgan fingerprint density at radius 3 is 2.86 bits per heavy atom. The lowest BCUT2D eigenvalue weighted by atomic mass is 10.1. The molecule has 3 rings (SSSR count). The van der Waals surface area contributed by atoms with Crippen molar-refractivity contribution in [3.8, 4) is 0 Å². The van der Waals surface area contributed by atoms with Gasteiger partial charge in [-0.2, -0.15) is 0 Å². The Morgan fingerprint density at radius 1 is 1.33 bits per heavy atom. The summed E-state index contributed by atoms with van der Waals surface area (Å²) in [5, 5.41) is 6.37. The summed E-state index contributed by atoms with van der Waals surface area (Å²) >= 11 is 0. The molecule has 0 bridgehead atoms. The van der Waals surface area contributed by atoms with Gasteiger partial charge in [0.15, 0.2) is 0 Å². The highest BCUT2D eigenvalue weighted by Crippen LogP contribution is 2.25. The van der Waals surface area contributed by atoms with Crippen LogP contribution in [-0.2, 0) is 11.2 Å². The number of nitrogens with zero attached hydrogens (tertiary/aromatic N) is 1. The zero-order valence-corrected chi connectivity index (χ0v) is 12.8. The van der Waals surface area contributed by atoms with Crippen LogP contribution < -0.4 is 10.6 Å². The Labute approximate surface area is 126 Å². The van der Waals surface area contributed by atoms with E-state index in [-0.39, 0.29) is 11.9 Å². The van der Waals surface area contributed by atoms with Gasteiger partial charge in [-0.3, -0.25) is 4.79 Å². The molecule has 1 amide bonds. The van der Waals surface area contributed by atoms with Crippen molar-refractivity contribution in [1.29, 1.82) is 0 Å². The number of carbonyl (C=O) groups is 1. The van der Waals surface area contributed by atoms with Gasteiger partial charge >= 0.3 is 0 Å². The highest BCUT2D eigenvalue weighted by molar-refractivity contribution is 5.87. The lowest BCUT2D eigenvalue weighted by molar-refractivity contribution is -0.121. The molecule has 0 spiro atoms. The van der Waals surface area contributed by atoms with E-state index in [1.165, 1.54) is 31.2 Å². The van der Waals surface area contributed by atoms with Crippen LogP contribution in [0.2, 0.25) is 0 Å². The number of nitrogens with one attached hydrogen (secondary N) is 2. The van der Waals surface area contributed by atoms with Gasteiger partial charge in [0, 0.05) is 31.2 Å². The van der Waals surface area contributed by atoms with E-state index in [2.05, 4.69) is 28.6 Å². The van der Waals surface area contributed by atoms with Crippen LogP contribution in [0.3, 0.4) is 0 Å². The predicted octanol–water partition coefficient (Wildman–Crippen LogP) is 2.01. The first-order valence-corrected chi connectivity index (χ1v) is 8.06. The average Bonchev–Trinajstić information content (AvgIpc) is 3.16. The SMILES string of the molecule is CN(CCNC(=O)C1Cc2ccccc2N1)C1CCCC1. The number of benzene rings is 1. The number of rotatable bonds is 5. The molecule has 1 unspecified atom stereocenters. The van der Waals surface area contributed by atoms with Crippen LogP contribution >= 0.6 is 0 Å². The second-order valence-electron chi connectivity index (χ2n) is 6.27. The summed E-state index contributed by atoms with van der Waals surface area (Å²) in [4.78, 5) is 14.6. The van der Waals surface area contributed by atoms with Crippen LogP contribution in [0.15, 0.2) is 24.3 Å². The zero-order chi connectivity index (χ0) is 14.7. The predicted molar refractivity (Wildman–Crippen MR) is 85.5 cm³/mol. The summed E-state index contributed by atoms with van der Waals surface area (Å²) in [7, 11) is 2.17. The van der Waals surface area contributed by atoms with Crippen LogP contribution in [0.25, 0.3) is 0 Å². The third-order valence-corrected chi connectivity index (χ3v) is 4.80. The summed E-state index contributed by atoms with van der Waals surface area (Å²) in [5.41, 5.74) is 2.33. The Kier molecular flexibility index (Phi) is 4.44.